The maximum absolute atomic E-state index is 14.5. The number of likely N-dealkylation sites (N-methyl/N-ethyl adjacent to an activating group) is 1. The summed E-state index contributed by atoms with van der Waals surface area (Å²) in [6.45, 7) is 17.8. The van der Waals surface area contributed by atoms with Gasteiger partial charge in [-0.3, -0.25) is 29.3 Å². The molecule has 3 aromatic rings. The molecule has 0 unspecified atom stereocenters. The normalized spacial score (nSPS) is 25.4. The molecule has 0 radical (unpaired) electrons. The molecule has 6 rings (SSSR count). The van der Waals surface area contributed by atoms with E-state index in [1.807, 2.05) is 51.2 Å². The fourth-order valence-corrected chi connectivity index (χ4v) is 9.04. The molecule has 6 atom stereocenters. The predicted octanol–water partition coefficient (Wildman–Crippen LogP) is 6.17. The van der Waals surface area contributed by atoms with Crippen LogP contribution in [-0.2, 0) is 36.8 Å². The topological polar surface area (TPSA) is 130 Å². The van der Waals surface area contributed by atoms with Crippen molar-refractivity contribution >= 4 is 51.8 Å². The second-order valence-corrected chi connectivity index (χ2v) is 17.0. The van der Waals surface area contributed by atoms with Gasteiger partial charge in [-0.1, -0.05) is 39.5 Å². The Hall–Kier alpha value is -4.17. The molecule has 2 aliphatic heterocycles. The van der Waals surface area contributed by atoms with Crippen LogP contribution in [0.1, 0.15) is 83.1 Å². The molecule has 296 valence electrons. The fraction of sp³-hybridized carbons (Fsp3) is 0.548. The first-order valence-corrected chi connectivity index (χ1v) is 20.3. The molecule has 1 saturated carbocycles. The predicted molar refractivity (Wildman–Crippen MR) is 218 cm³/mol. The number of carbonyl (C=O) groups is 3. The summed E-state index contributed by atoms with van der Waals surface area (Å²) in [5.74, 6) is -0.717. The van der Waals surface area contributed by atoms with Gasteiger partial charge >= 0.3 is 5.97 Å². The summed E-state index contributed by atoms with van der Waals surface area (Å²) in [6, 6.07) is 4.21. The van der Waals surface area contributed by atoms with Crippen LogP contribution in [0.15, 0.2) is 46.9 Å². The number of carbonyl (C=O) groups excluding carboxylic acids is 3. The Morgan fingerprint density at radius 1 is 1.31 bits per heavy atom. The number of aryl methyl sites for hydroxylation is 1. The number of nitrogens with one attached hydrogen (secondary N) is 2. The average Bonchev–Trinajstić information content (AvgIpc) is 3.58. The van der Waals surface area contributed by atoms with Crippen LogP contribution in [0.4, 0.5) is 0 Å². The number of thiazole rings is 1. The highest BCUT2D eigenvalue weighted by atomic mass is 32.1. The lowest BCUT2D eigenvalue weighted by atomic mass is 9.84. The Bertz CT molecular complexity index is 2010. The van der Waals surface area contributed by atoms with E-state index in [2.05, 4.69) is 60.9 Å². The molecule has 2 N–H and O–H groups in total. The number of allylic oxidation sites excluding steroid dienone is 2. The van der Waals surface area contributed by atoms with Crippen LogP contribution in [0, 0.1) is 17.3 Å². The minimum Gasteiger partial charge on any atom is -0.464 e. The summed E-state index contributed by atoms with van der Waals surface area (Å²) in [4.78, 5) is 53.7. The number of aliphatic imine (C=N–C) groups is 1. The minimum absolute atomic E-state index is 0.129. The largest absolute Gasteiger partial charge is 0.464 e. The minimum atomic E-state index is -0.941. The molecular weight excluding hydrogens is 715 g/mol. The third-order valence-electron chi connectivity index (χ3n) is 11.2. The van der Waals surface area contributed by atoms with Gasteiger partial charge in [-0.2, -0.15) is 0 Å². The van der Waals surface area contributed by atoms with Crippen LogP contribution in [0.2, 0.25) is 0 Å². The molecule has 1 aliphatic carbocycles. The SMILES string of the molecule is C=C/C(=C(\N=CC)[C@H](C)OC)c1c2c3cc(ccc3n1CC)-c1csc(n1)[C@@H](N(C)C)[C@H](NC(=O)[C@H]1C[C@@H]1C)C(=O)N1CCC[C@H](N1)C(=O)OCC(C)(C)C2. The second kappa shape index (κ2) is 16.5. The molecule has 2 fully saturated rings. The van der Waals surface area contributed by atoms with Crippen molar-refractivity contribution in [3.8, 4) is 11.3 Å². The highest BCUT2D eigenvalue weighted by molar-refractivity contribution is 7.10. The zero-order valence-corrected chi connectivity index (χ0v) is 34.6. The molecule has 12 nitrogen and oxygen atoms in total. The van der Waals surface area contributed by atoms with Crippen LogP contribution >= 0.6 is 11.3 Å². The van der Waals surface area contributed by atoms with Crippen LogP contribution in [-0.4, -0.2) is 96.0 Å². The summed E-state index contributed by atoms with van der Waals surface area (Å²) in [7, 11) is 5.47. The Morgan fingerprint density at radius 2 is 2.05 bits per heavy atom. The fourth-order valence-electron chi connectivity index (χ4n) is 7.99. The van der Waals surface area contributed by atoms with E-state index in [0.29, 0.717) is 37.4 Å². The van der Waals surface area contributed by atoms with Gasteiger partial charge in [-0.15, -0.1) is 11.3 Å². The van der Waals surface area contributed by atoms with Gasteiger partial charge in [0, 0.05) is 65.2 Å². The third-order valence-corrected chi connectivity index (χ3v) is 12.1. The van der Waals surface area contributed by atoms with Crippen molar-refractivity contribution in [1.29, 1.82) is 0 Å². The number of methoxy groups -OCH3 is 1. The Labute approximate surface area is 329 Å². The van der Waals surface area contributed by atoms with Crippen LogP contribution in [0.25, 0.3) is 27.7 Å². The molecular formula is C42H57N7O5S. The summed E-state index contributed by atoms with van der Waals surface area (Å²) in [6.07, 6.45) is 5.85. The number of benzene rings is 1. The monoisotopic (exact) mass is 771 g/mol. The van der Waals surface area contributed by atoms with Crippen molar-refractivity contribution in [1.82, 2.24) is 30.2 Å². The number of rotatable bonds is 9. The number of amides is 2. The molecule has 1 saturated heterocycles. The van der Waals surface area contributed by atoms with Gasteiger partial charge in [-0.05, 0) is 84.2 Å². The molecule has 1 aromatic carbocycles. The Balaban J connectivity index is 1.57. The van der Waals surface area contributed by atoms with Crippen LogP contribution in [0.5, 0.6) is 0 Å². The van der Waals surface area contributed by atoms with Gasteiger partial charge < -0.3 is 19.4 Å². The number of nitrogens with zero attached hydrogens (tertiary/aromatic N) is 5. The van der Waals surface area contributed by atoms with E-state index in [1.54, 1.807) is 13.3 Å². The van der Waals surface area contributed by atoms with Crippen LogP contribution < -0.4 is 10.7 Å². The van der Waals surface area contributed by atoms with Gasteiger partial charge in [0.25, 0.3) is 5.91 Å². The quantitative estimate of drug-likeness (QED) is 0.150. The zero-order valence-electron chi connectivity index (χ0n) is 33.8. The van der Waals surface area contributed by atoms with E-state index >= 15 is 0 Å². The summed E-state index contributed by atoms with van der Waals surface area (Å²) >= 11 is 1.47. The van der Waals surface area contributed by atoms with E-state index in [9.17, 15) is 14.4 Å². The lowest BCUT2D eigenvalue weighted by Gasteiger charge is -2.38. The number of aromatic nitrogens is 2. The Morgan fingerprint density at radius 3 is 2.69 bits per heavy atom. The van der Waals surface area contributed by atoms with Crippen molar-refractivity contribution in [2.24, 2.45) is 22.2 Å². The van der Waals surface area contributed by atoms with Gasteiger partial charge in [0.05, 0.1) is 35.8 Å². The van der Waals surface area contributed by atoms with E-state index < -0.39 is 29.5 Å². The third kappa shape index (κ3) is 8.21. The first-order valence-electron chi connectivity index (χ1n) is 19.4. The molecule has 55 heavy (non-hydrogen) atoms. The number of ether oxygens (including phenoxy) is 2. The standard InChI is InChI=1S/C42H57N7O5S/c1-11-27(34(43-12-2)25(5)53-10)36-30-21-42(6,7)23-54-41(52)31-15-14-18-49(46-31)40(51)35(45-38(50)28-19-24(28)4)37(47(8)9)39-44-32(22-55-39)26-16-17-33(29(30)20-26)48(36)13-3/h11-12,16-17,20,22,24-25,28,31,35,37,46H,1,13-15,18-19,21,23H2,2-10H3,(H,45,50)/b34-27+,43-12?/t24-,25-,28-,31-,35-,37-/m0/s1. The lowest BCUT2D eigenvalue weighted by molar-refractivity contribution is -0.156. The highest BCUT2D eigenvalue weighted by Crippen LogP contribution is 2.41. The van der Waals surface area contributed by atoms with Crippen molar-refractivity contribution in [3.05, 3.63) is 58.2 Å². The van der Waals surface area contributed by atoms with E-state index in [-0.39, 0.29) is 36.4 Å². The van der Waals surface area contributed by atoms with E-state index in [0.717, 1.165) is 51.1 Å². The molecule has 3 aliphatic rings. The number of esters is 1. The van der Waals surface area contributed by atoms with Gasteiger partial charge in [0.2, 0.25) is 5.91 Å². The van der Waals surface area contributed by atoms with Crippen LogP contribution in [0.3, 0.4) is 0 Å². The first-order chi connectivity index (χ1) is 26.2. The van der Waals surface area contributed by atoms with Crippen molar-refractivity contribution in [2.45, 2.75) is 98.0 Å². The summed E-state index contributed by atoms with van der Waals surface area (Å²) in [5, 5.41) is 8.41. The second-order valence-electron chi connectivity index (χ2n) is 16.1. The molecule has 4 heterocycles. The smallest absolute Gasteiger partial charge is 0.324 e. The molecule has 2 amide bonds. The number of cyclic esters (lactones) is 1. The molecule has 6 bridgehead atoms. The number of fused-ring (bicyclic) bond motifs is 6. The van der Waals surface area contributed by atoms with Gasteiger partial charge in [0.1, 0.15) is 17.1 Å². The van der Waals surface area contributed by atoms with Crippen molar-refractivity contribution in [3.63, 3.8) is 0 Å². The van der Waals surface area contributed by atoms with E-state index in [4.69, 9.17) is 19.5 Å². The van der Waals surface area contributed by atoms with Crippen molar-refractivity contribution in [2.75, 3.05) is 34.4 Å². The van der Waals surface area contributed by atoms with Gasteiger partial charge in [-0.25, -0.2) is 10.4 Å². The first kappa shape index (κ1) is 40.5. The van der Waals surface area contributed by atoms with E-state index in [1.165, 1.54) is 16.3 Å². The Kier molecular flexibility index (Phi) is 12.2. The number of hydrogen-bond acceptors (Lipinski definition) is 10. The maximum atomic E-state index is 14.5. The maximum Gasteiger partial charge on any atom is 0.324 e. The van der Waals surface area contributed by atoms with Crippen molar-refractivity contribution < 1.29 is 23.9 Å². The zero-order chi connectivity index (χ0) is 39.8. The lowest BCUT2D eigenvalue weighted by Crippen LogP contribution is -2.62. The molecule has 0 spiro atoms. The number of hydrogen-bond donors (Lipinski definition) is 2. The summed E-state index contributed by atoms with van der Waals surface area (Å²) < 4.78 is 14.2. The average molecular weight is 772 g/mol. The highest BCUT2D eigenvalue weighted by Gasteiger charge is 2.45. The number of hydrazine groups is 1. The molecule has 2 aromatic heterocycles. The van der Waals surface area contributed by atoms with Gasteiger partial charge in [0.15, 0.2) is 0 Å². The summed E-state index contributed by atoms with van der Waals surface area (Å²) in [5.41, 5.74) is 9.21. The molecule has 13 heteroatoms.